The lowest BCUT2D eigenvalue weighted by atomic mass is 9.98. The first-order valence-corrected chi connectivity index (χ1v) is 11.7. The molecule has 0 amide bonds. The molecule has 1 N–H and O–H groups in total. The van der Waals surface area contributed by atoms with Gasteiger partial charge in [-0.05, 0) is 57.4 Å². The summed E-state index contributed by atoms with van der Waals surface area (Å²) in [4.78, 5) is 39.1. The van der Waals surface area contributed by atoms with Crippen LogP contribution >= 0.6 is 0 Å². The number of rotatable bonds is 7. The number of benzene rings is 1. The third-order valence-electron chi connectivity index (χ3n) is 5.73. The fourth-order valence-corrected chi connectivity index (χ4v) is 5.48. The molecule has 11 heteroatoms. The molecule has 1 fully saturated rings. The predicted molar refractivity (Wildman–Crippen MR) is 113 cm³/mol. The molecule has 1 aromatic heterocycles. The van der Waals surface area contributed by atoms with Crippen LogP contribution in [0.3, 0.4) is 0 Å². The second kappa shape index (κ2) is 9.52. The number of piperidine rings is 1. The number of aromatic amines is 1. The first kappa shape index (κ1) is 24.7. The van der Waals surface area contributed by atoms with Crippen molar-refractivity contribution in [3.8, 4) is 0 Å². The molecule has 8 nitrogen and oxygen atoms in total. The minimum atomic E-state index is -4.04. The summed E-state index contributed by atoms with van der Waals surface area (Å²) in [5.74, 6) is -4.29. The fourth-order valence-electron chi connectivity index (χ4n) is 4.00. The van der Waals surface area contributed by atoms with Gasteiger partial charge in [0.05, 0.1) is 16.5 Å². The Morgan fingerprint density at radius 3 is 2.30 bits per heavy atom. The molecule has 178 valence electrons. The number of carbonyl (C=O) groups is 3. The van der Waals surface area contributed by atoms with Gasteiger partial charge in [0.15, 0.2) is 24.0 Å². The monoisotopic (exact) mass is 482 g/mol. The first-order valence-electron chi connectivity index (χ1n) is 10.3. The van der Waals surface area contributed by atoms with Gasteiger partial charge in [0.1, 0.15) is 0 Å². The Bertz CT molecular complexity index is 1210. The van der Waals surface area contributed by atoms with Crippen molar-refractivity contribution in [2.75, 3.05) is 19.7 Å². The highest BCUT2D eigenvalue weighted by Crippen LogP contribution is 2.26. The number of hydrogen-bond acceptors (Lipinski definition) is 6. The van der Waals surface area contributed by atoms with Crippen molar-refractivity contribution in [2.24, 2.45) is 5.92 Å². The van der Waals surface area contributed by atoms with E-state index < -0.39 is 45.9 Å². The van der Waals surface area contributed by atoms with E-state index in [4.69, 9.17) is 4.74 Å². The number of halogens is 2. The summed E-state index contributed by atoms with van der Waals surface area (Å²) >= 11 is 0. The summed E-state index contributed by atoms with van der Waals surface area (Å²) in [6.45, 7) is 4.19. The van der Waals surface area contributed by atoms with Gasteiger partial charge in [0.25, 0.3) is 0 Å². The lowest BCUT2D eigenvalue weighted by Crippen LogP contribution is -2.40. The maximum atomic E-state index is 13.4. The summed E-state index contributed by atoms with van der Waals surface area (Å²) in [6, 6.07) is 2.36. The van der Waals surface area contributed by atoms with Crippen LogP contribution in [0, 0.1) is 31.4 Å². The quantitative estimate of drug-likeness (QED) is 0.480. The molecule has 0 aliphatic carbocycles. The SMILES string of the molecule is CC(=O)c1c(C)[nH]c(C(=O)COC(=O)C2CCN(S(=O)(=O)c3ccc(F)c(F)c3)CC2)c1C. The molecular weight excluding hydrogens is 458 g/mol. The summed E-state index contributed by atoms with van der Waals surface area (Å²) in [6.07, 6.45) is 0.316. The van der Waals surface area contributed by atoms with Crippen LogP contribution in [0.2, 0.25) is 0 Å². The smallest absolute Gasteiger partial charge is 0.309 e. The highest BCUT2D eigenvalue weighted by Gasteiger charge is 2.33. The fraction of sp³-hybridized carbons (Fsp3) is 0.409. The first-order chi connectivity index (χ1) is 15.4. The van der Waals surface area contributed by atoms with Crippen LogP contribution in [-0.4, -0.2) is 54.9 Å². The van der Waals surface area contributed by atoms with Gasteiger partial charge in [-0.3, -0.25) is 14.4 Å². The van der Waals surface area contributed by atoms with E-state index in [0.717, 1.165) is 16.4 Å². The molecule has 1 saturated heterocycles. The Balaban J connectivity index is 1.57. The zero-order valence-electron chi connectivity index (χ0n) is 18.4. The molecule has 0 bridgehead atoms. The molecule has 2 aromatic rings. The molecule has 0 spiro atoms. The highest BCUT2D eigenvalue weighted by atomic mass is 32.2. The summed E-state index contributed by atoms with van der Waals surface area (Å²) in [5.41, 5.74) is 1.69. The van der Waals surface area contributed by atoms with Crippen LogP contribution in [0.1, 0.15) is 51.9 Å². The van der Waals surface area contributed by atoms with Gasteiger partial charge in [-0.15, -0.1) is 0 Å². The molecule has 3 rings (SSSR count). The van der Waals surface area contributed by atoms with Crippen LogP contribution in [0.25, 0.3) is 0 Å². The normalized spacial score (nSPS) is 15.4. The van der Waals surface area contributed by atoms with E-state index in [1.165, 1.54) is 6.92 Å². The number of ether oxygens (including phenoxy) is 1. The zero-order valence-corrected chi connectivity index (χ0v) is 19.2. The molecule has 0 unspecified atom stereocenters. The van der Waals surface area contributed by atoms with Crippen molar-refractivity contribution in [1.82, 2.24) is 9.29 Å². The molecule has 1 aliphatic heterocycles. The standard InChI is InChI=1S/C22H24F2N2O6S/c1-12-20(14(3)27)13(2)25-21(12)19(28)11-32-22(29)15-6-8-26(9-7-15)33(30,31)16-4-5-17(23)18(24)10-16/h4-5,10,15,25H,6-9,11H2,1-3H3. The van der Waals surface area contributed by atoms with Crippen LogP contribution in [0.15, 0.2) is 23.1 Å². The number of H-pyrrole nitrogens is 1. The largest absolute Gasteiger partial charge is 0.457 e. The van der Waals surface area contributed by atoms with Gasteiger partial charge in [-0.25, -0.2) is 17.2 Å². The van der Waals surface area contributed by atoms with Gasteiger partial charge in [0, 0.05) is 24.3 Å². The topological polar surface area (TPSA) is 114 Å². The van der Waals surface area contributed by atoms with E-state index in [1.54, 1.807) is 13.8 Å². The Hall–Kier alpha value is -2.92. The average Bonchev–Trinajstić information content (AvgIpc) is 3.07. The van der Waals surface area contributed by atoms with Crippen LogP contribution in [0.5, 0.6) is 0 Å². The second-order valence-electron chi connectivity index (χ2n) is 7.97. The number of ketones is 2. The molecule has 0 atom stereocenters. The third kappa shape index (κ3) is 5.03. The number of nitrogens with one attached hydrogen (secondary N) is 1. The van der Waals surface area contributed by atoms with E-state index in [2.05, 4.69) is 4.98 Å². The summed E-state index contributed by atoms with van der Waals surface area (Å²) < 4.78 is 58.1. The number of nitrogens with zero attached hydrogens (tertiary/aromatic N) is 1. The lowest BCUT2D eigenvalue weighted by Gasteiger charge is -2.30. The zero-order chi connectivity index (χ0) is 24.5. The average molecular weight is 483 g/mol. The van der Waals surface area contributed by atoms with Crippen LogP contribution in [0.4, 0.5) is 8.78 Å². The van der Waals surface area contributed by atoms with E-state index in [-0.39, 0.29) is 42.3 Å². The predicted octanol–water partition coefficient (Wildman–Crippen LogP) is 2.94. The summed E-state index contributed by atoms with van der Waals surface area (Å²) in [5, 5.41) is 0. The molecule has 1 aliphatic rings. The van der Waals surface area contributed by atoms with Gasteiger partial charge < -0.3 is 9.72 Å². The lowest BCUT2D eigenvalue weighted by molar-refractivity contribution is -0.148. The highest BCUT2D eigenvalue weighted by molar-refractivity contribution is 7.89. The van der Waals surface area contributed by atoms with E-state index >= 15 is 0 Å². The Kier molecular flexibility index (Phi) is 7.13. The van der Waals surface area contributed by atoms with Gasteiger partial charge in [0.2, 0.25) is 15.8 Å². The van der Waals surface area contributed by atoms with Crippen molar-refractivity contribution in [2.45, 2.75) is 38.5 Å². The number of Topliss-reactive ketones (excluding diaryl/α,β-unsaturated/α-hetero) is 2. The van der Waals surface area contributed by atoms with E-state index in [1.807, 2.05) is 0 Å². The molecule has 2 heterocycles. The van der Waals surface area contributed by atoms with Gasteiger partial charge in [-0.1, -0.05) is 0 Å². The summed E-state index contributed by atoms with van der Waals surface area (Å²) in [7, 11) is -4.04. The van der Waals surface area contributed by atoms with E-state index in [0.29, 0.717) is 22.9 Å². The van der Waals surface area contributed by atoms with Crippen molar-refractivity contribution in [1.29, 1.82) is 0 Å². The van der Waals surface area contributed by atoms with Crippen molar-refractivity contribution < 1.29 is 36.3 Å². The second-order valence-corrected chi connectivity index (χ2v) is 9.90. The molecule has 1 aromatic carbocycles. The van der Waals surface area contributed by atoms with Crippen LogP contribution in [-0.2, 0) is 19.6 Å². The van der Waals surface area contributed by atoms with Crippen molar-refractivity contribution in [3.05, 3.63) is 52.3 Å². The number of aromatic nitrogens is 1. The number of sulfonamides is 1. The third-order valence-corrected chi connectivity index (χ3v) is 7.62. The Labute approximate surface area is 190 Å². The molecule has 0 radical (unpaired) electrons. The molecular formula is C22H24F2N2O6S. The van der Waals surface area contributed by atoms with Crippen LogP contribution < -0.4 is 0 Å². The minimum absolute atomic E-state index is 0.00799. The van der Waals surface area contributed by atoms with Crippen molar-refractivity contribution in [3.63, 3.8) is 0 Å². The Morgan fingerprint density at radius 2 is 1.76 bits per heavy atom. The molecule has 0 saturated carbocycles. The van der Waals surface area contributed by atoms with E-state index in [9.17, 15) is 31.6 Å². The number of carbonyl (C=O) groups excluding carboxylic acids is 3. The minimum Gasteiger partial charge on any atom is -0.457 e. The number of aryl methyl sites for hydroxylation is 1. The Morgan fingerprint density at radius 1 is 1.12 bits per heavy atom. The number of esters is 1. The van der Waals surface area contributed by atoms with Crippen molar-refractivity contribution >= 4 is 27.6 Å². The van der Waals surface area contributed by atoms with Gasteiger partial charge >= 0.3 is 5.97 Å². The van der Waals surface area contributed by atoms with Gasteiger partial charge in [-0.2, -0.15) is 4.31 Å². The number of hydrogen-bond donors (Lipinski definition) is 1. The maximum Gasteiger partial charge on any atom is 0.309 e. The molecule has 33 heavy (non-hydrogen) atoms. The maximum absolute atomic E-state index is 13.4.